The molecule has 2 heterocycles. The molecular formula is C10H17N3O. The van der Waals surface area contributed by atoms with Crippen LogP contribution < -0.4 is 5.32 Å². The summed E-state index contributed by atoms with van der Waals surface area (Å²) in [4.78, 5) is 4.23. The van der Waals surface area contributed by atoms with E-state index in [-0.39, 0.29) is 5.41 Å². The number of rotatable bonds is 3. The molecule has 0 spiro atoms. The fraction of sp³-hybridized carbons (Fsp3) is 0.800. The molecule has 1 fully saturated rings. The lowest BCUT2D eigenvalue weighted by atomic mass is 9.75. The summed E-state index contributed by atoms with van der Waals surface area (Å²) in [6.07, 6.45) is 6.06. The molecular weight excluding hydrogens is 178 g/mol. The molecule has 1 N–H and O–H groups in total. The van der Waals surface area contributed by atoms with E-state index in [2.05, 4.69) is 22.4 Å². The van der Waals surface area contributed by atoms with Crippen LogP contribution in [0.15, 0.2) is 10.9 Å². The summed E-state index contributed by atoms with van der Waals surface area (Å²) in [5.41, 5.74) is 0.149. The summed E-state index contributed by atoms with van der Waals surface area (Å²) >= 11 is 0. The first-order valence-electron chi connectivity index (χ1n) is 5.35. The van der Waals surface area contributed by atoms with Crippen molar-refractivity contribution in [3.8, 4) is 0 Å². The van der Waals surface area contributed by atoms with E-state index in [0.717, 1.165) is 38.2 Å². The van der Waals surface area contributed by atoms with Crippen molar-refractivity contribution in [3.05, 3.63) is 12.2 Å². The summed E-state index contributed by atoms with van der Waals surface area (Å²) < 4.78 is 5.24. The molecule has 0 bridgehead atoms. The van der Waals surface area contributed by atoms with Gasteiger partial charge in [-0.2, -0.15) is 4.98 Å². The second-order valence-electron chi connectivity index (χ2n) is 4.03. The highest BCUT2D eigenvalue weighted by atomic mass is 16.5. The lowest BCUT2D eigenvalue weighted by molar-refractivity contribution is 0.208. The van der Waals surface area contributed by atoms with Crippen LogP contribution in [0.5, 0.6) is 0 Å². The normalized spacial score (nSPS) is 20.9. The maximum Gasteiger partial charge on any atom is 0.232 e. The van der Waals surface area contributed by atoms with Gasteiger partial charge in [0.15, 0.2) is 6.33 Å². The van der Waals surface area contributed by atoms with Gasteiger partial charge in [-0.1, -0.05) is 18.5 Å². The van der Waals surface area contributed by atoms with Crippen LogP contribution in [0.2, 0.25) is 0 Å². The van der Waals surface area contributed by atoms with Crippen molar-refractivity contribution < 1.29 is 4.52 Å². The largest absolute Gasteiger partial charge is 0.339 e. The van der Waals surface area contributed by atoms with Crippen molar-refractivity contribution in [3.63, 3.8) is 0 Å². The average Bonchev–Trinajstić information content (AvgIpc) is 2.73. The standard InChI is InChI=1S/C10H17N3O/c1-2-3-10(4-6-11-7-5-10)9-12-8-13-14-9/h8,11H,2-7H2,1H3. The molecule has 0 atom stereocenters. The van der Waals surface area contributed by atoms with Gasteiger partial charge in [-0.15, -0.1) is 0 Å². The van der Waals surface area contributed by atoms with Gasteiger partial charge in [-0.3, -0.25) is 0 Å². The Morgan fingerprint density at radius 3 is 2.86 bits per heavy atom. The summed E-state index contributed by atoms with van der Waals surface area (Å²) in [6.45, 7) is 4.32. The molecule has 2 rings (SSSR count). The first kappa shape index (κ1) is 9.65. The van der Waals surface area contributed by atoms with Crippen LogP contribution in [0.3, 0.4) is 0 Å². The highest BCUT2D eigenvalue weighted by Gasteiger charge is 2.37. The van der Waals surface area contributed by atoms with Crippen molar-refractivity contribution in [2.45, 2.75) is 38.0 Å². The third kappa shape index (κ3) is 1.66. The van der Waals surface area contributed by atoms with Gasteiger partial charge in [0.05, 0.1) is 5.41 Å². The van der Waals surface area contributed by atoms with Gasteiger partial charge >= 0.3 is 0 Å². The fourth-order valence-corrected chi connectivity index (χ4v) is 2.36. The molecule has 0 aromatic carbocycles. The predicted molar refractivity (Wildman–Crippen MR) is 53.0 cm³/mol. The summed E-state index contributed by atoms with van der Waals surface area (Å²) in [7, 11) is 0. The molecule has 78 valence electrons. The fourth-order valence-electron chi connectivity index (χ4n) is 2.36. The molecule has 0 unspecified atom stereocenters. The third-order valence-corrected chi connectivity index (χ3v) is 3.10. The monoisotopic (exact) mass is 195 g/mol. The summed E-state index contributed by atoms with van der Waals surface area (Å²) in [5, 5.41) is 7.09. The van der Waals surface area contributed by atoms with Crippen LogP contribution in [-0.4, -0.2) is 23.2 Å². The van der Waals surface area contributed by atoms with E-state index in [1.165, 1.54) is 12.7 Å². The Balaban J connectivity index is 2.20. The van der Waals surface area contributed by atoms with E-state index in [4.69, 9.17) is 4.52 Å². The molecule has 0 aliphatic carbocycles. The minimum Gasteiger partial charge on any atom is -0.339 e. The van der Waals surface area contributed by atoms with Gasteiger partial charge in [0.25, 0.3) is 0 Å². The molecule has 0 radical (unpaired) electrons. The molecule has 1 aliphatic heterocycles. The van der Waals surface area contributed by atoms with Crippen LogP contribution in [0.1, 0.15) is 38.5 Å². The first-order valence-corrected chi connectivity index (χ1v) is 5.35. The minimum atomic E-state index is 0.149. The minimum absolute atomic E-state index is 0.149. The SMILES string of the molecule is CCCC1(c2ncno2)CCNCC1. The van der Waals surface area contributed by atoms with E-state index in [0.29, 0.717) is 0 Å². The highest BCUT2D eigenvalue weighted by Crippen LogP contribution is 2.36. The van der Waals surface area contributed by atoms with Crippen LogP contribution in [0.25, 0.3) is 0 Å². The van der Waals surface area contributed by atoms with E-state index < -0.39 is 0 Å². The molecule has 4 heteroatoms. The Morgan fingerprint density at radius 1 is 1.50 bits per heavy atom. The van der Waals surface area contributed by atoms with Crippen LogP contribution in [0.4, 0.5) is 0 Å². The molecule has 0 saturated carbocycles. The van der Waals surface area contributed by atoms with Crippen LogP contribution in [-0.2, 0) is 5.41 Å². The highest BCUT2D eigenvalue weighted by molar-refractivity contribution is 5.05. The van der Waals surface area contributed by atoms with Crippen molar-refractivity contribution in [2.24, 2.45) is 0 Å². The van der Waals surface area contributed by atoms with E-state index in [9.17, 15) is 0 Å². The Hall–Kier alpha value is -0.900. The lowest BCUT2D eigenvalue weighted by Gasteiger charge is -2.33. The van der Waals surface area contributed by atoms with Gasteiger partial charge in [-0.25, -0.2) is 0 Å². The van der Waals surface area contributed by atoms with E-state index >= 15 is 0 Å². The number of nitrogens with zero attached hydrogens (tertiary/aromatic N) is 2. The van der Waals surface area contributed by atoms with Gasteiger partial charge in [0.1, 0.15) is 0 Å². The predicted octanol–water partition coefficient (Wildman–Crippen LogP) is 1.49. The van der Waals surface area contributed by atoms with Gasteiger partial charge in [-0.05, 0) is 32.4 Å². The second kappa shape index (κ2) is 4.09. The molecule has 1 aromatic heterocycles. The third-order valence-electron chi connectivity index (χ3n) is 3.10. The summed E-state index contributed by atoms with van der Waals surface area (Å²) in [6, 6.07) is 0. The number of piperidine rings is 1. The zero-order valence-corrected chi connectivity index (χ0v) is 8.62. The average molecular weight is 195 g/mol. The van der Waals surface area contributed by atoms with Gasteiger partial charge < -0.3 is 9.84 Å². The van der Waals surface area contributed by atoms with Gasteiger partial charge in [0, 0.05) is 0 Å². The zero-order chi connectivity index (χ0) is 9.86. The zero-order valence-electron chi connectivity index (χ0n) is 8.62. The smallest absolute Gasteiger partial charge is 0.232 e. The van der Waals surface area contributed by atoms with Crippen LogP contribution in [0, 0.1) is 0 Å². The van der Waals surface area contributed by atoms with Crippen molar-refractivity contribution in [1.82, 2.24) is 15.5 Å². The van der Waals surface area contributed by atoms with Crippen molar-refractivity contribution in [2.75, 3.05) is 13.1 Å². The maximum absolute atomic E-state index is 5.24. The number of hydrogen-bond acceptors (Lipinski definition) is 4. The maximum atomic E-state index is 5.24. The molecule has 14 heavy (non-hydrogen) atoms. The summed E-state index contributed by atoms with van der Waals surface area (Å²) in [5.74, 6) is 0.834. The van der Waals surface area contributed by atoms with E-state index in [1.54, 1.807) is 0 Å². The Morgan fingerprint density at radius 2 is 2.29 bits per heavy atom. The Bertz CT molecular complexity index is 259. The second-order valence-corrected chi connectivity index (χ2v) is 4.03. The molecule has 0 amide bonds. The Labute approximate surface area is 84.1 Å². The molecule has 1 aromatic rings. The number of hydrogen-bond donors (Lipinski definition) is 1. The van der Waals surface area contributed by atoms with E-state index in [1.807, 2.05) is 0 Å². The topological polar surface area (TPSA) is 51.0 Å². The molecule has 1 saturated heterocycles. The van der Waals surface area contributed by atoms with Gasteiger partial charge in [0.2, 0.25) is 5.89 Å². The quantitative estimate of drug-likeness (QED) is 0.794. The molecule has 4 nitrogen and oxygen atoms in total. The first-order chi connectivity index (χ1) is 6.87. The molecule has 1 aliphatic rings. The number of nitrogens with one attached hydrogen (secondary N) is 1. The van der Waals surface area contributed by atoms with Crippen molar-refractivity contribution >= 4 is 0 Å². The lowest BCUT2D eigenvalue weighted by Crippen LogP contribution is -2.40. The Kier molecular flexibility index (Phi) is 2.82. The number of aromatic nitrogens is 2. The van der Waals surface area contributed by atoms with Crippen LogP contribution >= 0.6 is 0 Å². The van der Waals surface area contributed by atoms with Crippen molar-refractivity contribution in [1.29, 1.82) is 0 Å².